The maximum absolute atomic E-state index is 10.6. The molecule has 1 aliphatic carbocycles. The van der Waals surface area contributed by atoms with Crippen LogP contribution in [0.15, 0.2) is 0 Å². The summed E-state index contributed by atoms with van der Waals surface area (Å²) in [5.74, 6) is 0.772. The highest BCUT2D eigenvalue weighted by Crippen LogP contribution is 2.45. The highest BCUT2D eigenvalue weighted by Gasteiger charge is 2.43. The van der Waals surface area contributed by atoms with Crippen LogP contribution in [0.4, 0.5) is 0 Å². The topological polar surface area (TPSA) is 23.5 Å². The van der Waals surface area contributed by atoms with Crippen LogP contribution in [0.25, 0.3) is 0 Å². The van der Waals surface area contributed by atoms with Crippen LogP contribution in [0.5, 0.6) is 0 Å². The highest BCUT2D eigenvalue weighted by atomic mass is 16.3. The quantitative estimate of drug-likeness (QED) is 0.809. The maximum atomic E-state index is 10.6. The summed E-state index contributed by atoms with van der Waals surface area (Å²) >= 11 is 0. The number of hydrogen-bond acceptors (Lipinski definition) is 2. The number of aliphatic hydroxyl groups is 1. The van der Waals surface area contributed by atoms with Crippen molar-refractivity contribution in [2.24, 2.45) is 16.7 Å². The molecule has 0 amide bonds. The molecule has 1 N–H and O–H groups in total. The first-order valence-electron chi connectivity index (χ1n) is 9.29. The van der Waals surface area contributed by atoms with E-state index in [0.29, 0.717) is 16.9 Å². The Balaban J connectivity index is 2.05. The van der Waals surface area contributed by atoms with Gasteiger partial charge in [-0.25, -0.2) is 0 Å². The average Bonchev–Trinajstić information content (AvgIpc) is 2.92. The second kappa shape index (κ2) is 6.58. The summed E-state index contributed by atoms with van der Waals surface area (Å²) < 4.78 is 0. The van der Waals surface area contributed by atoms with Gasteiger partial charge in [0.1, 0.15) is 0 Å². The third-order valence-corrected chi connectivity index (χ3v) is 7.23. The van der Waals surface area contributed by atoms with Gasteiger partial charge in [0.2, 0.25) is 0 Å². The number of hydrogen-bond donors (Lipinski definition) is 1. The summed E-state index contributed by atoms with van der Waals surface area (Å²) in [6.45, 7) is 14.2. The Morgan fingerprint density at radius 3 is 2.33 bits per heavy atom. The molecule has 1 aliphatic heterocycles. The lowest BCUT2D eigenvalue weighted by Crippen LogP contribution is -2.49. The molecule has 0 radical (unpaired) electrons. The van der Waals surface area contributed by atoms with E-state index in [1.54, 1.807) is 0 Å². The molecule has 2 aliphatic rings. The number of nitrogens with zero attached hydrogens (tertiary/aromatic N) is 1. The molecule has 0 bridgehead atoms. The van der Waals surface area contributed by atoms with Gasteiger partial charge in [0.25, 0.3) is 0 Å². The van der Waals surface area contributed by atoms with Gasteiger partial charge in [-0.15, -0.1) is 0 Å². The Morgan fingerprint density at radius 1 is 1.14 bits per heavy atom. The lowest BCUT2D eigenvalue weighted by Gasteiger charge is -2.45. The van der Waals surface area contributed by atoms with Gasteiger partial charge in [-0.1, -0.05) is 41.0 Å². The SMILES string of the molecule is CCC1(CC)CCN(C2CC(C(C)(C)CC)CCC2O)C1. The minimum Gasteiger partial charge on any atom is -0.391 e. The molecular formula is C19H37NO. The molecule has 2 nitrogen and oxygen atoms in total. The molecule has 1 saturated heterocycles. The molecule has 2 fully saturated rings. The van der Waals surface area contributed by atoms with Crippen LogP contribution < -0.4 is 0 Å². The zero-order valence-corrected chi connectivity index (χ0v) is 15.0. The second-order valence-corrected chi connectivity index (χ2v) is 8.41. The lowest BCUT2D eigenvalue weighted by atomic mass is 9.67. The third-order valence-electron chi connectivity index (χ3n) is 7.23. The van der Waals surface area contributed by atoms with Crippen LogP contribution in [-0.4, -0.2) is 35.2 Å². The molecule has 0 aromatic heterocycles. The van der Waals surface area contributed by atoms with E-state index in [4.69, 9.17) is 0 Å². The number of aliphatic hydroxyl groups excluding tert-OH is 1. The van der Waals surface area contributed by atoms with E-state index in [1.807, 2.05) is 0 Å². The van der Waals surface area contributed by atoms with Crippen molar-refractivity contribution in [2.75, 3.05) is 13.1 Å². The summed E-state index contributed by atoms with van der Waals surface area (Å²) in [5, 5.41) is 10.6. The number of rotatable bonds is 5. The van der Waals surface area contributed by atoms with Crippen molar-refractivity contribution in [1.29, 1.82) is 0 Å². The number of likely N-dealkylation sites (tertiary alicyclic amines) is 1. The zero-order chi connectivity index (χ0) is 15.7. The zero-order valence-electron chi connectivity index (χ0n) is 15.0. The van der Waals surface area contributed by atoms with Gasteiger partial charge in [-0.2, -0.15) is 0 Å². The van der Waals surface area contributed by atoms with Crippen molar-refractivity contribution in [2.45, 2.75) is 91.7 Å². The van der Waals surface area contributed by atoms with Gasteiger partial charge in [-0.3, -0.25) is 4.90 Å². The summed E-state index contributed by atoms with van der Waals surface area (Å²) in [7, 11) is 0. The molecule has 21 heavy (non-hydrogen) atoms. The third kappa shape index (κ3) is 3.47. The van der Waals surface area contributed by atoms with Crippen molar-refractivity contribution in [3.63, 3.8) is 0 Å². The Morgan fingerprint density at radius 2 is 1.81 bits per heavy atom. The van der Waals surface area contributed by atoms with Gasteiger partial charge in [0, 0.05) is 12.6 Å². The molecule has 124 valence electrons. The molecule has 0 aromatic rings. The Hall–Kier alpha value is -0.0800. The van der Waals surface area contributed by atoms with Crippen molar-refractivity contribution in [3.05, 3.63) is 0 Å². The molecule has 3 atom stereocenters. The van der Waals surface area contributed by atoms with Crippen LogP contribution in [0.2, 0.25) is 0 Å². The van der Waals surface area contributed by atoms with Gasteiger partial charge in [0.05, 0.1) is 6.10 Å². The molecular weight excluding hydrogens is 258 g/mol. The minimum atomic E-state index is -0.0987. The fourth-order valence-corrected chi connectivity index (χ4v) is 4.60. The molecule has 0 spiro atoms. The first kappa shape index (κ1) is 17.3. The largest absolute Gasteiger partial charge is 0.391 e. The van der Waals surface area contributed by atoms with Crippen LogP contribution in [0.1, 0.15) is 79.6 Å². The van der Waals surface area contributed by atoms with E-state index in [9.17, 15) is 5.11 Å². The Labute approximate surface area is 132 Å². The molecule has 2 heteroatoms. The van der Waals surface area contributed by atoms with Crippen molar-refractivity contribution in [3.8, 4) is 0 Å². The van der Waals surface area contributed by atoms with Crippen LogP contribution in [0, 0.1) is 16.7 Å². The van der Waals surface area contributed by atoms with Gasteiger partial charge in [0.15, 0.2) is 0 Å². The van der Waals surface area contributed by atoms with Crippen molar-refractivity contribution >= 4 is 0 Å². The van der Waals surface area contributed by atoms with E-state index in [0.717, 1.165) is 12.3 Å². The highest BCUT2D eigenvalue weighted by molar-refractivity contribution is 4.97. The van der Waals surface area contributed by atoms with E-state index in [-0.39, 0.29) is 6.10 Å². The van der Waals surface area contributed by atoms with Crippen LogP contribution in [-0.2, 0) is 0 Å². The molecule has 2 rings (SSSR count). The van der Waals surface area contributed by atoms with Crippen molar-refractivity contribution < 1.29 is 5.11 Å². The maximum Gasteiger partial charge on any atom is 0.0695 e. The Bertz CT molecular complexity index is 334. The Kier molecular flexibility index (Phi) is 5.41. The van der Waals surface area contributed by atoms with Gasteiger partial charge < -0.3 is 5.11 Å². The normalized spacial score (nSPS) is 34.3. The van der Waals surface area contributed by atoms with E-state index in [1.165, 1.54) is 51.6 Å². The van der Waals surface area contributed by atoms with E-state index < -0.39 is 0 Å². The predicted octanol–water partition coefficient (Wildman–Crippen LogP) is 4.46. The smallest absolute Gasteiger partial charge is 0.0695 e. The molecule has 1 saturated carbocycles. The average molecular weight is 296 g/mol. The summed E-state index contributed by atoms with van der Waals surface area (Å²) in [6.07, 6.45) is 8.45. The second-order valence-electron chi connectivity index (χ2n) is 8.41. The van der Waals surface area contributed by atoms with Crippen molar-refractivity contribution in [1.82, 2.24) is 4.90 Å². The van der Waals surface area contributed by atoms with Crippen LogP contribution in [0.3, 0.4) is 0 Å². The summed E-state index contributed by atoms with van der Waals surface area (Å²) in [4.78, 5) is 2.63. The minimum absolute atomic E-state index is 0.0987. The molecule has 3 unspecified atom stereocenters. The van der Waals surface area contributed by atoms with E-state index in [2.05, 4.69) is 39.5 Å². The standard InChI is InChI=1S/C19H37NO/c1-6-18(4,5)15-9-10-17(21)16(13-15)20-12-11-19(7-2,8-3)14-20/h15-17,21H,6-14H2,1-5H3. The summed E-state index contributed by atoms with van der Waals surface area (Å²) in [5.41, 5.74) is 0.942. The first-order valence-corrected chi connectivity index (χ1v) is 9.29. The monoisotopic (exact) mass is 295 g/mol. The van der Waals surface area contributed by atoms with Gasteiger partial charge >= 0.3 is 0 Å². The van der Waals surface area contributed by atoms with Crippen LogP contribution >= 0.6 is 0 Å². The summed E-state index contributed by atoms with van der Waals surface area (Å²) in [6, 6.07) is 0.412. The van der Waals surface area contributed by atoms with E-state index >= 15 is 0 Å². The lowest BCUT2D eigenvalue weighted by molar-refractivity contribution is -0.0167. The fourth-order valence-electron chi connectivity index (χ4n) is 4.60. The molecule has 0 aromatic carbocycles. The fraction of sp³-hybridized carbons (Fsp3) is 1.00. The predicted molar refractivity (Wildman–Crippen MR) is 90.4 cm³/mol. The first-order chi connectivity index (χ1) is 9.87. The molecule has 1 heterocycles. The van der Waals surface area contributed by atoms with Gasteiger partial charge in [-0.05, 0) is 61.8 Å².